The van der Waals surface area contributed by atoms with Crippen molar-refractivity contribution < 1.29 is 22.9 Å². The average Bonchev–Trinajstić information content (AvgIpc) is 2.37. The van der Waals surface area contributed by atoms with Gasteiger partial charge in [-0.15, -0.1) is 0 Å². The van der Waals surface area contributed by atoms with Crippen LogP contribution in [0.4, 0.5) is 0 Å². The van der Waals surface area contributed by atoms with Crippen molar-refractivity contribution in [2.75, 3.05) is 0 Å². The first kappa shape index (κ1) is 18.6. The van der Waals surface area contributed by atoms with Crippen LogP contribution in [-0.4, -0.2) is 17.1 Å². The standard InChI is InChI=1S/C9H6O2.C6H15O4P/c10-8-5-6-11-9-4-2-1-3-7(8)9;1-5(2)9-11(7,8)10-6(3)4/h1-6H;5-6H,1-4H3,(H,7,8). The highest BCUT2D eigenvalue weighted by Crippen LogP contribution is 2.45. The zero-order valence-electron chi connectivity index (χ0n) is 13.1. The van der Waals surface area contributed by atoms with Gasteiger partial charge in [-0.2, -0.15) is 0 Å². The molecule has 0 aliphatic rings. The fourth-order valence-corrected chi connectivity index (χ4v) is 2.70. The third kappa shape index (κ3) is 6.54. The summed E-state index contributed by atoms with van der Waals surface area (Å²) in [5, 5.41) is 0.634. The Morgan fingerprint density at radius 3 is 2.09 bits per heavy atom. The van der Waals surface area contributed by atoms with Gasteiger partial charge >= 0.3 is 7.82 Å². The Labute approximate surface area is 129 Å². The highest BCUT2D eigenvalue weighted by atomic mass is 31.2. The molecule has 0 atom stereocenters. The second-order valence-electron chi connectivity index (χ2n) is 5.06. The summed E-state index contributed by atoms with van der Waals surface area (Å²) >= 11 is 0. The number of rotatable bonds is 4. The number of phosphoric acid groups is 1. The van der Waals surface area contributed by atoms with E-state index in [0.717, 1.165) is 0 Å². The van der Waals surface area contributed by atoms with Crippen LogP contribution in [0, 0.1) is 0 Å². The monoisotopic (exact) mass is 328 g/mol. The molecule has 0 aliphatic carbocycles. The predicted octanol–water partition coefficient (Wildman–Crippen LogP) is 3.73. The lowest BCUT2D eigenvalue weighted by Gasteiger charge is -2.16. The number of hydrogen-bond donors (Lipinski definition) is 1. The third-order valence-electron chi connectivity index (χ3n) is 2.25. The average molecular weight is 328 g/mol. The molecule has 2 aromatic rings. The van der Waals surface area contributed by atoms with Crippen molar-refractivity contribution in [2.45, 2.75) is 39.9 Å². The van der Waals surface area contributed by atoms with Gasteiger partial charge in [0.25, 0.3) is 0 Å². The predicted molar refractivity (Wildman–Crippen MR) is 84.8 cm³/mol. The number of phosphoric ester groups is 1. The summed E-state index contributed by atoms with van der Waals surface area (Å²) in [6.07, 6.45) is 0.805. The van der Waals surface area contributed by atoms with Crippen LogP contribution in [0.3, 0.4) is 0 Å². The topological polar surface area (TPSA) is 86.0 Å². The zero-order valence-corrected chi connectivity index (χ0v) is 13.9. The van der Waals surface area contributed by atoms with E-state index >= 15 is 0 Å². The summed E-state index contributed by atoms with van der Waals surface area (Å²) in [4.78, 5) is 20.1. The van der Waals surface area contributed by atoms with E-state index in [9.17, 15) is 9.36 Å². The molecule has 122 valence electrons. The van der Waals surface area contributed by atoms with Gasteiger partial charge in [0.15, 0.2) is 5.43 Å². The van der Waals surface area contributed by atoms with Crippen LogP contribution in [0.2, 0.25) is 0 Å². The Balaban J connectivity index is 0.000000220. The molecule has 0 spiro atoms. The SMILES string of the molecule is CC(C)OP(=O)(O)OC(C)C.O=c1ccoc2ccccc12. The third-order valence-corrected chi connectivity index (χ3v) is 3.63. The van der Waals surface area contributed by atoms with Gasteiger partial charge in [0, 0.05) is 6.07 Å². The van der Waals surface area contributed by atoms with Crippen LogP contribution in [0.5, 0.6) is 0 Å². The molecule has 1 heterocycles. The fraction of sp³-hybridized carbons (Fsp3) is 0.400. The molecule has 1 N–H and O–H groups in total. The number of hydrogen-bond acceptors (Lipinski definition) is 5. The Kier molecular flexibility index (Phi) is 6.97. The van der Waals surface area contributed by atoms with E-state index in [0.29, 0.717) is 11.0 Å². The van der Waals surface area contributed by atoms with Crippen molar-refractivity contribution >= 4 is 18.8 Å². The van der Waals surface area contributed by atoms with Gasteiger partial charge in [-0.1, -0.05) is 12.1 Å². The van der Waals surface area contributed by atoms with E-state index in [2.05, 4.69) is 9.05 Å². The summed E-state index contributed by atoms with van der Waals surface area (Å²) in [7, 11) is -3.80. The first-order chi connectivity index (χ1) is 10.2. The van der Waals surface area contributed by atoms with Crippen LogP contribution < -0.4 is 5.43 Å². The highest BCUT2D eigenvalue weighted by molar-refractivity contribution is 7.47. The van der Waals surface area contributed by atoms with E-state index in [1.54, 1.807) is 39.8 Å². The van der Waals surface area contributed by atoms with Crippen LogP contribution in [0.25, 0.3) is 11.0 Å². The zero-order chi connectivity index (χ0) is 16.8. The maximum atomic E-state index is 11.1. The molecule has 0 saturated heterocycles. The van der Waals surface area contributed by atoms with Gasteiger partial charge in [0.2, 0.25) is 0 Å². The molecule has 22 heavy (non-hydrogen) atoms. The van der Waals surface area contributed by atoms with Crippen molar-refractivity contribution in [3.8, 4) is 0 Å². The molecule has 0 unspecified atom stereocenters. The fourth-order valence-electron chi connectivity index (χ4n) is 1.59. The molecule has 6 nitrogen and oxygen atoms in total. The van der Waals surface area contributed by atoms with E-state index in [1.807, 2.05) is 12.1 Å². The molecule has 0 amide bonds. The lowest BCUT2D eigenvalue weighted by molar-refractivity contribution is 0.0985. The van der Waals surface area contributed by atoms with Crippen molar-refractivity contribution in [1.82, 2.24) is 0 Å². The molecule has 0 fully saturated rings. The largest absolute Gasteiger partial charge is 0.472 e. The van der Waals surface area contributed by atoms with E-state index in [4.69, 9.17) is 9.31 Å². The Morgan fingerprint density at radius 1 is 1.05 bits per heavy atom. The maximum Gasteiger partial charge on any atom is 0.472 e. The molecular weight excluding hydrogens is 307 g/mol. The number of benzene rings is 1. The molecule has 0 bridgehead atoms. The van der Waals surface area contributed by atoms with Crippen molar-refractivity contribution in [3.63, 3.8) is 0 Å². The second kappa shape index (κ2) is 8.25. The minimum atomic E-state index is -3.80. The molecule has 1 aromatic carbocycles. The van der Waals surface area contributed by atoms with Crippen LogP contribution in [0.15, 0.2) is 45.8 Å². The first-order valence-corrected chi connectivity index (χ1v) is 8.37. The Hall–Kier alpha value is -1.46. The lowest BCUT2D eigenvalue weighted by Crippen LogP contribution is -2.06. The Morgan fingerprint density at radius 2 is 1.59 bits per heavy atom. The minimum absolute atomic E-state index is 0.00634. The van der Waals surface area contributed by atoms with E-state index in [-0.39, 0.29) is 17.6 Å². The molecule has 0 aliphatic heterocycles. The van der Waals surface area contributed by atoms with Gasteiger partial charge in [-0.3, -0.25) is 13.8 Å². The molecular formula is C15H21O6P. The van der Waals surface area contributed by atoms with Crippen molar-refractivity contribution in [3.05, 3.63) is 46.8 Å². The van der Waals surface area contributed by atoms with Gasteiger partial charge in [0.1, 0.15) is 5.58 Å². The van der Waals surface area contributed by atoms with Crippen LogP contribution in [0.1, 0.15) is 27.7 Å². The van der Waals surface area contributed by atoms with Crippen LogP contribution in [-0.2, 0) is 13.6 Å². The number of para-hydroxylation sites is 1. The molecule has 0 saturated carbocycles. The normalized spacial score (nSPS) is 11.6. The summed E-state index contributed by atoms with van der Waals surface area (Å²) < 4.78 is 25.3. The summed E-state index contributed by atoms with van der Waals surface area (Å²) in [5.41, 5.74) is 0.645. The van der Waals surface area contributed by atoms with E-state index in [1.165, 1.54) is 12.3 Å². The molecule has 0 radical (unpaired) electrons. The highest BCUT2D eigenvalue weighted by Gasteiger charge is 2.23. The summed E-state index contributed by atoms with van der Waals surface area (Å²) in [6.45, 7) is 6.69. The van der Waals surface area contributed by atoms with Gasteiger partial charge < -0.3 is 9.31 Å². The molecule has 2 rings (SSSR count). The van der Waals surface area contributed by atoms with Crippen molar-refractivity contribution in [2.24, 2.45) is 0 Å². The van der Waals surface area contributed by atoms with E-state index < -0.39 is 7.82 Å². The Bertz CT molecular complexity index is 672. The minimum Gasteiger partial charge on any atom is -0.464 e. The first-order valence-electron chi connectivity index (χ1n) is 6.87. The summed E-state index contributed by atoms with van der Waals surface area (Å²) in [5.74, 6) is 0. The molecule has 7 heteroatoms. The molecule has 1 aromatic heterocycles. The van der Waals surface area contributed by atoms with Gasteiger partial charge in [-0.25, -0.2) is 4.57 Å². The van der Waals surface area contributed by atoms with Gasteiger partial charge in [-0.05, 0) is 39.8 Å². The summed E-state index contributed by atoms with van der Waals surface area (Å²) in [6, 6.07) is 8.60. The van der Waals surface area contributed by atoms with Crippen LogP contribution >= 0.6 is 7.82 Å². The lowest BCUT2D eigenvalue weighted by atomic mass is 10.2. The maximum absolute atomic E-state index is 11.1. The second-order valence-corrected chi connectivity index (χ2v) is 6.42. The quantitative estimate of drug-likeness (QED) is 0.861. The smallest absolute Gasteiger partial charge is 0.464 e. The number of fused-ring (bicyclic) bond motifs is 1. The van der Waals surface area contributed by atoms with Gasteiger partial charge in [0.05, 0.1) is 23.9 Å². The van der Waals surface area contributed by atoms with Crippen molar-refractivity contribution in [1.29, 1.82) is 0 Å².